The molecule has 1 heterocycles. The number of rotatable bonds is 3. The number of aromatic hydroxyl groups is 1. The van der Waals surface area contributed by atoms with E-state index in [0.29, 0.717) is 0 Å². The summed E-state index contributed by atoms with van der Waals surface area (Å²) in [5, 5.41) is 39.5. The van der Waals surface area contributed by atoms with Crippen LogP contribution in [0.1, 0.15) is 11.1 Å². The minimum Gasteiger partial charge on any atom is -0.504 e. The van der Waals surface area contributed by atoms with E-state index >= 15 is 0 Å². The first kappa shape index (κ1) is 16.3. The molecule has 0 radical (unpaired) electrons. The molecule has 1 aromatic heterocycles. The predicted molar refractivity (Wildman–Crippen MR) is 81.2 cm³/mol. The number of benzene rings is 1. The average molecular weight is 327 g/mol. The molecule has 0 atom stereocenters. The van der Waals surface area contributed by atoms with Crippen LogP contribution in [0.4, 0.5) is 11.5 Å². The summed E-state index contributed by atoms with van der Waals surface area (Å²) in [6, 6.07) is 5.38. The molecule has 0 aliphatic heterocycles. The molecule has 0 fully saturated rings. The number of anilines is 1. The molecule has 0 aliphatic rings. The van der Waals surface area contributed by atoms with Crippen molar-refractivity contribution in [2.75, 3.05) is 12.8 Å². The number of aromatic amines is 1. The molecule has 0 saturated heterocycles. The van der Waals surface area contributed by atoms with Crippen LogP contribution in [0.5, 0.6) is 11.5 Å². The zero-order chi connectivity index (χ0) is 18.0. The van der Waals surface area contributed by atoms with Gasteiger partial charge in [0.25, 0.3) is 5.56 Å². The molecule has 120 valence electrons. The van der Waals surface area contributed by atoms with Crippen molar-refractivity contribution in [3.8, 4) is 34.8 Å². The average Bonchev–Trinajstić information content (AvgIpc) is 2.53. The lowest BCUT2D eigenvalue weighted by Crippen LogP contribution is -2.16. The van der Waals surface area contributed by atoms with Gasteiger partial charge in [-0.25, -0.2) is 0 Å². The lowest BCUT2D eigenvalue weighted by molar-refractivity contribution is -0.385. The van der Waals surface area contributed by atoms with E-state index < -0.39 is 33.2 Å². The molecule has 24 heavy (non-hydrogen) atoms. The van der Waals surface area contributed by atoms with Gasteiger partial charge in [-0.15, -0.1) is 0 Å². The van der Waals surface area contributed by atoms with Crippen molar-refractivity contribution in [3.05, 3.63) is 43.7 Å². The lowest BCUT2D eigenvalue weighted by atomic mass is 9.96. The number of nitrogen functional groups attached to an aromatic ring is 1. The van der Waals surface area contributed by atoms with Crippen molar-refractivity contribution in [2.24, 2.45) is 0 Å². The van der Waals surface area contributed by atoms with E-state index in [1.807, 2.05) is 0 Å². The summed E-state index contributed by atoms with van der Waals surface area (Å²) < 4.78 is 4.77. The van der Waals surface area contributed by atoms with Gasteiger partial charge in [-0.3, -0.25) is 14.9 Å². The highest BCUT2D eigenvalue weighted by molar-refractivity contribution is 5.83. The number of nitro benzene ring substituents is 1. The normalized spacial score (nSPS) is 9.79. The third-order valence-electron chi connectivity index (χ3n) is 3.21. The molecule has 2 rings (SSSR count). The highest BCUT2D eigenvalue weighted by Gasteiger charge is 2.25. The van der Waals surface area contributed by atoms with Crippen LogP contribution in [0.15, 0.2) is 16.9 Å². The van der Waals surface area contributed by atoms with Gasteiger partial charge >= 0.3 is 5.69 Å². The number of aromatic nitrogens is 1. The molecule has 10 nitrogen and oxygen atoms in total. The van der Waals surface area contributed by atoms with E-state index in [4.69, 9.17) is 10.5 Å². The van der Waals surface area contributed by atoms with E-state index in [2.05, 4.69) is 4.98 Å². The Hall–Kier alpha value is -4.05. The van der Waals surface area contributed by atoms with Crippen LogP contribution in [0, 0.1) is 32.8 Å². The number of nitrogens with zero attached hydrogens (tertiary/aromatic N) is 3. The number of ether oxygens (including phenoxy) is 1. The fourth-order valence-corrected chi connectivity index (χ4v) is 2.22. The van der Waals surface area contributed by atoms with Gasteiger partial charge in [0.1, 0.15) is 29.1 Å². The van der Waals surface area contributed by atoms with Crippen molar-refractivity contribution in [2.45, 2.75) is 0 Å². The highest BCUT2D eigenvalue weighted by Crippen LogP contribution is 2.41. The first-order valence-electron chi connectivity index (χ1n) is 6.27. The summed E-state index contributed by atoms with van der Waals surface area (Å²) in [7, 11) is 1.13. The summed E-state index contributed by atoms with van der Waals surface area (Å²) in [6.07, 6.45) is 0. The molecular weight excluding hydrogens is 318 g/mol. The second-order valence-corrected chi connectivity index (χ2v) is 4.52. The first-order valence-corrected chi connectivity index (χ1v) is 6.27. The van der Waals surface area contributed by atoms with Gasteiger partial charge in [-0.2, -0.15) is 10.5 Å². The molecule has 0 bridgehead atoms. The van der Waals surface area contributed by atoms with E-state index in [0.717, 1.165) is 19.2 Å². The van der Waals surface area contributed by atoms with Crippen LogP contribution in [-0.4, -0.2) is 22.1 Å². The fraction of sp³-hybridized carbons (Fsp3) is 0.0714. The number of nitriles is 2. The Bertz CT molecular complexity index is 997. The number of pyridine rings is 1. The lowest BCUT2D eigenvalue weighted by Gasteiger charge is -2.11. The molecule has 0 amide bonds. The molecule has 2 aromatic rings. The number of hydrogen-bond acceptors (Lipinski definition) is 8. The van der Waals surface area contributed by atoms with Gasteiger partial charge in [0.2, 0.25) is 5.75 Å². The van der Waals surface area contributed by atoms with Gasteiger partial charge < -0.3 is 20.6 Å². The molecule has 4 N–H and O–H groups in total. The monoisotopic (exact) mass is 327 g/mol. The number of nitro groups is 1. The van der Waals surface area contributed by atoms with Gasteiger partial charge in [-0.05, 0) is 11.6 Å². The Balaban J connectivity index is 2.98. The van der Waals surface area contributed by atoms with E-state index in [1.165, 1.54) is 0 Å². The molecule has 0 aliphatic carbocycles. The number of nitrogens with one attached hydrogen (secondary N) is 1. The van der Waals surface area contributed by atoms with Crippen LogP contribution in [0.25, 0.3) is 11.1 Å². The first-order chi connectivity index (χ1) is 11.3. The zero-order valence-electron chi connectivity index (χ0n) is 12.2. The van der Waals surface area contributed by atoms with Crippen LogP contribution >= 0.6 is 0 Å². The summed E-state index contributed by atoms with van der Waals surface area (Å²) in [4.78, 5) is 24.4. The minimum atomic E-state index is -0.859. The van der Waals surface area contributed by atoms with Gasteiger partial charge in [-0.1, -0.05) is 0 Å². The molecule has 1 aromatic carbocycles. The van der Waals surface area contributed by atoms with Crippen molar-refractivity contribution < 1.29 is 14.8 Å². The number of phenols is 1. The van der Waals surface area contributed by atoms with E-state index in [-0.39, 0.29) is 22.5 Å². The quantitative estimate of drug-likeness (QED) is 0.551. The number of phenolic OH excluding ortho intramolecular Hbond substituents is 1. The molecule has 0 saturated carbocycles. The molecule has 10 heteroatoms. The van der Waals surface area contributed by atoms with Crippen LogP contribution < -0.4 is 16.0 Å². The maximum atomic E-state index is 11.9. The highest BCUT2D eigenvalue weighted by atomic mass is 16.6. The maximum Gasteiger partial charge on any atom is 0.315 e. The number of hydrogen-bond donors (Lipinski definition) is 3. The maximum absolute atomic E-state index is 11.9. The van der Waals surface area contributed by atoms with Crippen molar-refractivity contribution in [1.29, 1.82) is 10.5 Å². The Morgan fingerprint density at radius 1 is 1.33 bits per heavy atom. The van der Waals surface area contributed by atoms with Crippen LogP contribution in [0.3, 0.4) is 0 Å². The summed E-state index contributed by atoms with van der Waals surface area (Å²) >= 11 is 0. The third kappa shape index (κ3) is 2.44. The Morgan fingerprint density at radius 3 is 2.46 bits per heavy atom. The van der Waals surface area contributed by atoms with Crippen molar-refractivity contribution in [3.63, 3.8) is 0 Å². The summed E-state index contributed by atoms with van der Waals surface area (Å²) in [5.41, 5.74) is 3.12. The number of H-pyrrole nitrogens is 1. The second-order valence-electron chi connectivity index (χ2n) is 4.52. The van der Waals surface area contributed by atoms with Crippen molar-refractivity contribution >= 4 is 11.5 Å². The Labute approximate surface area is 134 Å². The van der Waals surface area contributed by atoms with Crippen LogP contribution in [0.2, 0.25) is 0 Å². The molecule has 0 spiro atoms. The SMILES string of the molecule is COc1c(O)cc(-c2c(C#N)c(N)[nH]c(=O)c2C#N)cc1[N+](=O)[O-]. The number of nitrogens with two attached hydrogens (primary N) is 1. The zero-order valence-corrected chi connectivity index (χ0v) is 12.2. The van der Waals surface area contributed by atoms with Gasteiger partial charge in [0.15, 0.2) is 5.75 Å². The Morgan fingerprint density at radius 2 is 1.96 bits per heavy atom. The number of methoxy groups -OCH3 is 1. The second kappa shape index (κ2) is 5.98. The molecule has 0 unspecified atom stereocenters. The summed E-state index contributed by atoms with van der Waals surface area (Å²) in [6.45, 7) is 0. The summed E-state index contributed by atoms with van der Waals surface area (Å²) in [5.74, 6) is -1.28. The third-order valence-corrected chi connectivity index (χ3v) is 3.21. The van der Waals surface area contributed by atoms with Gasteiger partial charge in [0.05, 0.1) is 12.0 Å². The topological polar surface area (TPSA) is 179 Å². The van der Waals surface area contributed by atoms with E-state index in [9.17, 15) is 30.5 Å². The standard InChI is InChI=1S/C14H9N5O5/c1-24-12-9(19(22)23)2-6(3-10(12)20)11-7(4-15)13(17)18-14(21)8(11)5-16/h2-3,20H,1H3,(H3,17,18,21). The minimum absolute atomic E-state index is 0.0918. The smallest absolute Gasteiger partial charge is 0.315 e. The van der Waals surface area contributed by atoms with Gasteiger partial charge in [0, 0.05) is 11.6 Å². The van der Waals surface area contributed by atoms with E-state index in [1.54, 1.807) is 12.1 Å². The van der Waals surface area contributed by atoms with Crippen molar-refractivity contribution in [1.82, 2.24) is 4.98 Å². The fourth-order valence-electron chi connectivity index (χ4n) is 2.22. The Kier molecular flexibility index (Phi) is 4.07. The predicted octanol–water partition coefficient (Wildman–Crippen LogP) is 0.990. The van der Waals surface area contributed by atoms with Crippen LogP contribution in [-0.2, 0) is 0 Å². The molecular formula is C14H9N5O5. The largest absolute Gasteiger partial charge is 0.504 e.